The van der Waals surface area contributed by atoms with Gasteiger partial charge in [0.05, 0.1) is 5.69 Å². The Kier molecular flexibility index (Phi) is 4.12. The molecule has 5 heteroatoms. The number of nitrogens with zero attached hydrogens (tertiary/aromatic N) is 3. The van der Waals surface area contributed by atoms with E-state index in [9.17, 15) is 0 Å². The lowest BCUT2D eigenvalue weighted by Crippen LogP contribution is -2.04. The number of hydrogen-bond donors (Lipinski definition) is 0. The molecule has 0 atom stereocenters. The van der Waals surface area contributed by atoms with Crippen molar-refractivity contribution in [2.24, 2.45) is 0 Å². The molecule has 0 amide bonds. The summed E-state index contributed by atoms with van der Waals surface area (Å²) in [5.74, 6) is 0.598. The molecule has 0 aliphatic heterocycles. The Morgan fingerprint density at radius 3 is 3.00 bits per heavy atom. The molecular weight excluding hydrogens is 266 g/mol. The quantitative estimate of drug-likeness (QED) is 0.652. The predicted molar refractivity (Wildman–Crippen MR) is 81.7 cm³/mol. The molecular formula is C16H17N3O2. The van der Waals surface area contributed by atoms with Crippen molar-refractivity contribution < 1.29 is 9.15 Å². The Morgan fingerprint density at radius 2 is 2.14 bits per heavy atom. The number of aromatic nitrogens is 3. The van der Waals surface area contributed by atoms with Crippen molar-refractivity contribution in [3.63, 3.8) is 0 Å². The molecule has 1 aromatic carbocycles. The summed E-state index contributed by atoms with van der Waals surface area (Å²) in [5, 5.41) is 4.30. The summed E-state index contributed by atoms with van der Waals surface area (Å²) in [6, 6.07) is 9.70. The normalized spacial score (nSPS) is 11.7. The van der Waals surface area contributed by atoms with E-state index in [0.717, 1.165) is 36.4 Å². The largest absolute Gasteiger partial charge is 0.437 e. The topological polar surface area (TPSA) is 53.1 Å². The summed E-state index contributed by atoms with van der Waals surface area (Å²) in [5.41, 5.74) is 2.69. The van der Waals surface area contributed by atoms with Gasteiger partial charge in [-0.1, -0.05) is 12.1 Å². The molecule has 0 unspecified atom stereocenters. The lowest BCUT2D eigenvalue weighted by Gasteiger charge is -2.03. The molecule has 5 nitrogen and oxygen atoms in total. The SMILES string of the molecule is COCCCn1nccc1/C=C/c1nc2ccccc2o1. The van der Waals surface area contributed by atoms with E-state index < -0.39 is 0 Å². The fraction of sp³-hybridized carbons (Fsp3) is 0.250. The number of para-hydroxylation sites is 2. The van der Waals surface area contributed by atoms with Crippen LogP contribution in [0.4, 0.5) is 0 Å². The van der Waals surface area contributed by atoms with Crippen molar-refractivity contribution >= 4 is 23.3 Å². The molecule has 0 N–H and O–H groups in total. The zero-order chi connectivity index (χ0) is 14.5. The number of fused-ring (bicyclic) bond motifs is 1. The highest BCUT2D eigenvalue weighted by molar-refractivity contribution is 5.75. The van der Waals surface area contributed by atoms with Crippen molar-refractivity contribution in [2.45, 2.75) is 13.0 Å². The van der Waals surface area contributed by atoms with Crippen molar-refractivity contribution in [1.29, 1.82) is 0 Å². The molecule has 0 aliphatic rings. The van der Waals surface area contributed by atoms with Gasteiger partial charge < -0.3 is 9.15 Å². The van der Waals surface area contributed by atoms with Crippen LogP contribution in [-0.2, 0) is 11.3 Å². The molecule has 0 saturated carbocycles. The Labute approximate surface area is 122 Å². The molecule has 3 rings (SSSR count). The zero-order valence-electron chi connectivity index (χ0n) is 11.9. The highest BCUT2D eigenvalue weighted by atomic mass is 16.5. The van der Waals surface area contributed by atoms with Gasteiger partial charge in [-0.15, -0.1) is 0 Å². The maximum absolute atomic E-state index is 5.66. The fourth-order valence-electron chi connectivity index (χ4n) is 2.15. The van der Waals surface area contributed by atoms with Crippen LogP contribution in [-0.4, -0.2) is 28.5 Å². The maximum Gasteiger partial charge on any atom is 0.220 e. The molecule has 0 bridgehead atoms. The minimum absolute atomic E-state index is 0.598. The minimum atomic E-state index is 0.598. The lowest BCUT2D eigenvalue weighted by molar-refractivity contribution is 0.189. The molecule has 0 radical (unpaired) electrons. The molecule has 3 aromatic rings. The first kappa shape index (κ1) is 13.6. The van der Waals surface area contributed by atoms with Crippen LogP contribution in [0.5, 0.6) is 0 Å². The summed E-state index contributed by atoms with van der Waals surface area (Å²) < 4.78 is 12.7. The minimum Gasteiger partial charge on any atom is -0.437 e. The molecule has 0 aliphatic carbocycles. The third-order valence-electron chi connectivity index (χ3n) is 3.17. The van der Waals surface area contributed by atoms with E-state index in [1.807, 2.05) is 47.2 Å². The Balaban J connectivity index is 1.75. The van der Waals surface area contributed by atoms with E-state index >= 15 is 0 Å². The van der Waals surface area contributed by atoms with Gasteiger partial charge in [0.1, 0.15) is 5.52 Å². The average Bonchev–Trinajstić information content (AvgIpc) is 3.11. The first-order chi connectivity index (χ1) is 10.4. The third-order valence-corrected chi connectivity index (χ3v) is 3.17. The van der Waals surface area contributed by atoms with Gasteiger partial charge in [-0.25, -0.2) is 4.98 Å². The van der Waals surface area contributed by atoms with Gasteiger partial charge in [-0.3, -0.25) is 4.68 Å². The molecule has 0 spiro atoms. The summed E-state index contributed by atoms with van der Waals surface area (Å²) in [6.07, 6.45) is 6.55. The monoisotopic (exact) mass is 283 g/mol. The Morgan fingerprint density at radius 1 is 1.24 bits per heavy atom. The molecule has 0 fully saturated rings. The standard InChI is InChI=1S/C16H17N3O2/c1-20-12-4-11-19-13(9-10-17-19)7-8-16-18-14-5-2-3-6-15(14)21-16/h2-3,5-10H,4,11-12H2,1H3/b8-7+. The first-order valence-corrected chi connectivity index (χ1v) is 6.91. The highest BCUT2D eigenvalue weighted by Crippen LogP contribution is 2.16. The van der Waals surface area contributed by atoms with Crippen LogP contribution in [0, 0.1) is 0 Å². The van der Waals surface area contributed by atoms with E-state index in [0.29, 0.717) is 5.89 Å². The first-order valence-electron chi connectivity index (χ1n) is 6.91. The van der Waals surface area contributed by atoms with Gasteiger partial charge in [-0.2, -0.15) is 5.10 Å². The number of ether oxygens (including phenoxy) is 1. The van der Waals surface area contributed by atoms with E-state index in [1.54, 1.807) is 13.3 Å². The van der Waals surface area contributed by atoms with Crippen molar-refractivity contribution in [3.8, 4) is 0 Å². The molecule has 0 saturated heterocycles. The van der Waals surface area contributed by atoms with E-state index in [4.69, 9.17) is 9.15 Å². The molecule has 2 aromatic heterocycles. The van der Waals surface area contributed by atoms with Gasteiger partial charge in [0.15, 0.2) is 5.58 Å². The van der Waals surface area contributed by atoms with Crippen molar-refractivity contribution in [3.05, 3.63) is 48.1 Å². The van der Waals surface area contributed by atoms with Crippen molar-refractivity contribution in [2.75, 3.05) is 13.7 Å². The number of methoxy groups -OCH3 is 1. The van der Waals surface area contributed by atoms with E-state index in [-0.39, 0.29) is 0 Å². The predicted octanol–water partition coefficient (Wildman–Crippen LogP) is 3.23. The third kappa shape index (κ3) is 3.20. The number of rotatable bonds is 6. The maximum atomic E-state index is 5.66. The van der Waals surface area contributed by atoms with Gasteiger partial charge >= 0.3 is 0 Å². The van der Waals surface area contributed by atoms with Crippen LogP contribution in [0.25, 0.3) is 23.3 Å². The number of aryl methyl sites for hydroxylation is 1. The van der Waals surface area contributed by atoms with Gasteiger partial charge in [0.2, 0.25) is 5.89 Å². The van der Waals surface area contributed by atoms with Crippen LogP contribution < -0.4 is 0 Å². The second-order valence-electron chi connectivity index (χ2n) is 4.68. The van der Waals surface area contributed by atoms with Crippen LogP contribution >= 0.6 is 0 Å². The summed E-state index contributed by atoms with van der Waals surface area (Å²) in [6.45, 7) is 1.56. The summed E-state index contributed by atoms with van der Waals surface area (Å²) in [7, 11) is 1.71. The van der Waals surface area contributed by atoms with Gasteiger partial charge in [0, 0.05) is 32.5 Å². The van der Waals surface area contributed by atoms with Crippen LogP contribution in [0.15, 0.2) is 40.9 Å². The van der Waals surface area contributed by atoms with Gasteiger partial charge in [0.25, 0.3) is 0 Å². The van der Waals surface area contributed by atoms with Crippen LogP contribution in [0.1, 0.15) is 18.0 Å². The van der Waals surface area contributed by atoms with E-state index in [1.165, 1.54) is 0 Å². The average molecular weight is 283 g/mol. The zero-order valence-corrected chi connectivity index (χ0v) is 11.9. The summed E-state index contributed by atoms with van der Waals surface area (Å²) >= 11 is 0. The van der Waals surface area contributed by atoms with Crippen LogP contribution in [0.2, 0.25) is 0 Å². The Hall–Kier alpha value is -2.40. The Bertz CT molecular complexity index is 710. The lowest BCUT2D eigenvalue weighted by atomic mass is 10.3. The van der Waals surface area contributed by atoms with Crippen molar-refractivity contribution in [1.82, 2.24) is 14.8 Å². The number of oxazole rings is 1. The molecule has 108 valence electrons. The smallest absolute Gasteiger partial charge is 0.220 e. The fourth-order valence-corrected chi connectivity index (χ4v) is 2.15. The van der Waals surface area contributed by atoms with Gasteiger partial charge in [-0.05, 0) is 30.7 Å². The molecule has 21 heavy (non-hydrogen) atoms. The van der Waals surface area contributed by atoms with E-state index in [2.05, 4.69) is 10.1 Å². The van der Waals surface area contributed by atoms with Crippen LogP contribution in [0.3, 0.4) is 0 Å². The highest BCUT2D eigenvalue weighted by Gasteiger charge is 2.03. The second kappa shape index (κ2) is 6.37. The molecule has 2 heterocycles. The second-order valence-corrected chi connectivity index (χ2v) is 4.68. The number of benzene rings is 1. The summed E-state index contributed by atoms with van der Waals surface area (Å²) in [4.78, 5) is 4.41. The number of hydrogen-bond acceptors (Lipinski definition) is 4.